The minimum atomic E-state index is -0.488. The molecule has 1 unspecified atom stereocenters. The number of nitrogen functional groups attached to an aromatic ring is 1. The third-order valence-electron chi connectivity index (χ3n) is 3.67. The average Bonchev–Trinajstić information content (AvgIpc) is 2.50. The van der Waals surface area contributed by atoms with E-state index in [4.69, 9.17) is 15.2 Å². The zero-order chi connectivity index (χ0) is 15.1. The van der Waals surface area contributed by atoms with E-state index < -0.39 is 5.60 Å². The fraction of sp³-hybridized carbons (Fsp3) is 0.562. The Kier molecular flexibility index (Phi) is 3.54. The molecule has 4 nitrogen and oxygen atoms in total. The maximum Gasteiger partial charge on any atom is 0.340 e. The molecule has 1 aromatic carbocycles. The van der Waals surface area contributed by atoms with Gasteiger partial charge in [-0.25, -0.2) is 4.79 Å². The average molecular weight is 277 g/mol. The molecule has 0 bridgehead atoms. The number of nitrogens with two attached hydrogens (primary N) is 1. The monoisotopic (exact) mass is 277 g/mol. The highest BCUT2D eigenvalue weighted by Gasteiger charge is 2.48. The number of benzene rings is 1. The van der Waals surface area contributed by atoms with Gasteiger partial charge in [0.15, 0.2) is 0 Å². The number of ether oxygens (including phenoxy) is 2. The summed E-state index contributed by atoms with van der Waals surface area (Å²) in [6, 6.07) is 5.36. The van der Waals surface area contributed by atoms with Crippen LogP contribution in [0.3, 0.4) is 0 Å². The SMILES string of the molecule is Cc1ccc(N)c(C(=O)OC2CC(C)(C)OC2(C)C)c1. The van der Waals surface area contributed by atoms with Crippen molar-refractivity contribution in [3.8, 4) is 0 Å². The first-order chi connectivity index (χ1) is 9.11. The van der Waals surface area contributed by atoms with Crippen LogP contribution in [0.25, 0.3) is 0 Å². The molecule has 1 saturated heterocycles. The molecule has 2 rings (SSSR count). The van der Waals surface area contributed by atoms with Gasteiger partial charge >= 0.3 is 5.97 Å². The second-order valence-electron chi connectivity index (χ2n) is 6.65. The zero-order valence-electron chi connectivity index (χ0n) is 12.8. The predicted molar refractivity (Wildman–Crippen MR) is 78.7 cm³/mol. The lowest BCUT2D eigenvalue weighted by molar-refractivity contribution is -0.0924. The van der Waals surface area contributed by atoms with Gasteiger partial charge in [-0.2, -0.15) is 0 Å². The fourth-order valence-electron chi connectivity index (χ4n) is 2.73. The molecule has 0 amide bonds. The smallest absolute Gasteiger partial charge is 0.340 e. The molecule has 0 aliphatic carbocycles. The van der Waals surface area contributed by atoms with Crippen molar-refractivity contribution in [3.63, 3.8) is 0 Å². The van der Waals surface area contributed by atoms with Crippen LogP contribution < -0.4 is 5.73 Å². The van der Waals surface area contributed by atoms with Gasteiger partial charge in [-0.15, -0.1) is 0 Å². The minimum absolute atomic E-state index is 0.273. The Morgan fingerprint density at radius 3 is 2.55 bits per heavy atom. The molecular weight excluding hydrogens is 254 g/mol. The topological polar surface area (TPSA) is 61.6 Å². The second-order valence-corrected chi connectivity index (χ2v) is 6.65. The molecule has 20 heavy (non-hydrogen) atoms. The van der Waals surface area contributed by atoms with Crippen molar-refractivity contribution in [3.05, 3.63) is 29.3 Å². The Hall–Kier alpha value is -1.55. The summed E-state index contributed by atoms with van der Waals surface area (Å²) in [6.45, 7) is 9.81. The van der Waals surface area contributed by atoms with Crippen LogP contribution >= 0.6 is 0 Å². The Bertz CT molecular complexity index is 535. The van der Waals surface area contributed by atoms with Gasteiger partial charge < -0.3 is 15.2 Å². The van der Waals surface area contributed by atoms with E-state index in [0.717, 1.165) is 5.56 Å². The van der Waals surface area contributed by atoms with Crippen LogP contribution in [0.2, 0.25) is 0 Å². The summed E-state index contributed by atoms with van der Waals surface area (Å²) >= 11 is 0. The van der Waals surface area contributed by atoms with Gasteiger partial charge in [-0.3, -0.25) is 0 Å². The first kappa shape index (κ1) is 14.9. The second kappa shape index (κ2) is 4.77. The van der Waals surface area contributed by atoms with Gasteiger partial charge in [0, 0.05) is 12.1 Å². The van der Waals surface area contributed by atoms with Gasteiger partial charge in [-0.05, 0) is 46.8 Å². The molecular formula is C16H23NO3. The number of aryl methyl sites for hydroxylation is 1. The van der Waals surface area contributed by atoms with Gasteiger partial charge in [0.1, 0.15) is 11.7 Å². The Morgan fingerprint density at radius 2 is 2.00 bits per heavy atom. The molecule has 1 aromatic rings. The van der Waals surface area contributed by atoms with Crippen LogP contribution in [-0.2, 0) is 9.47 Å². The normalized spacial score (nSPS) is 23.6. The van der Waals surface area contributed by atoms with Crippen molar-refractivity contribution in [2.75, 3.05) is 5.73 Å². The van der Waals surface area contributed by atoms with Crippen LogP contribution in [0.5, 0.6) is 0 Å². The summed E-state index contributed by atoms with van der Waals surface area (Å²) in [6.07, 6.45) is 0.405. The van der Waals surface area contributed by atoms with E-state index in [2.05, 4.69) is 0 Å². The van der Waals surface area contributed by atoms with Crippen LogP contribution in [0.4, 0.5) is 5.69 Å². The zero-order valence-corrected chi connectivity index (χ0v) is 12.8. The van der Waals surface area contributed by atoms with E-state index in [1.807, 2.05) is 40.7 Å². The lowest BCUT2D eigenvalue weighted by Crippen LogP contribution is -2.36. The van der Waals surface area contributed by atoms with E-state index in [9.17, 15) is 4.79 Å². The van der Waals surface area contributed by atoms with Crippen molar-refractivity contribution in [1.29, 1.82) is 0 Å². The first-order valence-electron chi connectivity index (χ1n) is 6.88. The fourth-order valence-corrected chi connectivity index (χ4v) is 2.73. The molecule has 2 N–H and O–H groups in total. The van der Waals surface area contributed by atoms with Crippen molar-refractivity contribution in [2.24, 2.45) is 0 Å². The third kappa shape index (κ3) is 2.96. The Morgan fingerprint density at radius 1 is 1.35 bits per heavy atom. The number of carbonyl (C=O) groups excluding carboxylic acids is 1. The maximum atomic E-state index is 12.3. The number of anilines is 1. The van der Waals surface area contributed by atoms with Gasteiger partial charge in [-0.1, -0.05) is 11.6 Å². The van der Waals surface area contributed by atoms with E-state index in [1.54, 1.807) is 12.1 Å². The quantitative estimate of drug-likeness (QED) is 0.666. The van der Waals surface area contributed by atoms with E-state index >= 15 is 0 Å². The summed E-state index contributed by atoms with van der Waals surface area (Å²) < 4.78 is 11.6. The minimum Gasteiger partial charge on any atom is -0.456 e. The molecule has 1 aliphatic heterocycles. The lowest BCUT2D eigenvalue weighted by atomic mass is 9.97. The van der Waals surface area contributed by atoms with Crippen molar-refractivity contribution in [1.82, 2.24) is 0 Å². The summed E-state index contributed by atoms with van der Waals surface area (Å²) in [5, 5.41) is 0. The van der Waals surface area contributed by atoms with Crippen molar-refractivity contribution in [2.45, 2.75) is 58.3 Å². The van der Waals surface area contributed by atoms with Gasteiger partial charge in [0.25, 0.3) is 0 Å². The number of rotatable bonds is 2. The summed E-state index contributed by atoms with van der Waals surface area (Å²) in [5.41, 5.74) is 6.92. The van der Waals surface area contributed by atoms with Crippen LogP contribution in [0.15, 0.2) is 18.2 Å². The number of hydrogen-bond acceptors (Lipinski definition) is 4. The van der Waals surface area contributed by atoms with Crippen LogP contribution in [-0.4, -0.2) is 23.3 Å². The molecule has 4 heteroatoms. The third-order valence-corrected chi connectivity index (χ3v) is 3.67. The highest BCUT2D eigenvalue weighted by Crippen LogP contribution is 2.39. The largest absolute Gasteiger partial charge is 0.456 e. The molecule has 1 heterocycles. The molecule has 1 fully saturated rings. The predicted octanol–water partition coefficient (Wildman–Crippen LogP) is 3.08. The molecule has 1 atom stereocenters. The van der Waals surface area contributed by atoms with E-state index in [-0.39, 0.29) is 17.7 Å². The number of hydrogen-bond donors (Lipinski definition) is 1. The summed E-state index contributed by atoms with van der Waals surface area (Å²) in [4.78, 5) is 12.3. The highest BCUT2D eigenvalue weighted by molar-refractivity contribution is 5.95. The molecule has 0 spiro atoms. The maximum absolute atomic E-state index is 12.3. The molecule has 0 radical (unpaired) electrons. The molecule has 0 saturated carbocycles. The number of esters is 1. The molecule has 0 aromatic heterocycles. The molecule has 1 aliphatic rings. The van der Waals surface area contributed by atoms with Crippen LogP contribution in [0.1, 0.15) is 50.0 Å². The molecule has 110 valence electrons. The van der Waals surface area contributed by atoms with Crippen molar-refractivity contribution >= 4 is 11.7 Å². The summed E-state index contributed by atoms with van der Waals surface area (Å²) in [5.74, 6) is -0.384. The van der Waals surface area contributed by atoms with Crippen LogP contribution in [0, 0.1) is 6.92 Å². The Balaban J connectivity index is 2.18. The van der Waals surface area contributed by atoms with E-state index in [0.29, 0.717) is 17.7 Å². The van der Waals surface area contributed by atoms with Gasteiger partial charge in [0.05, 0.1) is 11.2 Å². The standard InChI is InChI=1S/C16H23NO3/c1-10-6-7-12(17)11(8-10)14(18)19-13-9-15(2,3)20-16(13,4)5/h6-8,13H,9,17H2,1-5H3. The number of carbonyl (C=O) groups is 1. The van der Waals surface area contributed by atoms with Gasteiger partial charge in [0.2, 0.25) is 0 Å². The van der Waals surface area contributed by atoms with Crippen molar-refractivity contribution < 1.29 is 14.3 Å². The first-order valence-corrected chi connectivity index (χ1v) is 6.88. The summed E-state index contributed by atoms with van der Waals surface area (Å²) in [7, 11) is 0. The lowest BCUT2D eigenvalue weighted by Gasteiger charge is -2.26. The highest BCUT2D eigenvalue weighted by atomic mass is 16.6. The van der Waals surface area contributed by atoms with E-state index in [1.165, 1.54) is 0 Å². The Labute approximate surface area is 120 Å².